The highest BCUT2D eigenvalue weighted by atomic mass is 16.7. The van der Waals surface area contributed by atoms with Gasteiger partial charge < -0.3 is 34.6 Å². The van der Waals surface area contributed by atoms with Crippen LogP contribution in [0, 0.1) is 0 Å². The highest BCUT2D eigenvalue weighted by molar-refractivity contribution is 5.75. The summed E-state index contributed by atoms with van der Waals surface area (Å²) in [5, 5.41) is 40.6. The van der Waals surface area contributed by atoms with Gasteiger partial charge in [0, 0.05) is 6.54 Å². The fraction of sp³-hybridized carbons (Fsp3) is 0.909. The van der Waals surface area contributed by atoms with Crippen molar-refractivity contribution in [2.45, 2.75) is 50.0 Å². The Morgan fingerprint density at radius 2 is 1.85 bits per heavy atom. The maximum atomic E-state index is 11.9. The Kier molecular flexibility index (Phi) is 5.27. The fourth-order valence-electron chi connectivity index (χ4n) is 2.00. The number of ether oxygens (including phenoxy) is 3. The van der Waals surface area contributed by atoms with E-state index in [0.717, 1.165) is 12.8 Å². The molecule has 5 N–H and O–H groups in total. The van der Waals surface area contributed by atoms with Gasteiger partial charge >= 0.3 is 5.97 Å². The van der Waals surface area contributed by atoms with Crippen molar-refractivity contribution in [2.24, 2.45) is 0 Å². The standard InChI is InChI=1S/C11H19NO8/c13-5-6(14)8(19-9(16)7(5)15)10(17)20-11-12-3-1-2-4-18-11/h5-9,11-16H,1-4H2/t5-,6-,7+,8-,9+,11?/m0/s1. The molecule has 0 radical (unpaired) electrons. The Morgan fingerprint density at radius 1 is 1.10 bits per heavy atom. The maximum absolute atomic E-state index is 11.9. The molecule has 116 valence electrons. The van der Waals surface area contributed by atoms with Crippen LogP contribution in [0.5, 0.6) is 0 Å². The van der Waals surface area contributed by atoms with E-state index in [4.69, 9.17) is 14.2 Å². The van der Waals surface area contributed by atoms with Crippen LogP contribution in [0.3, 0.4) is 0 Å². The van der Waals surface area contributed by atoms with E-state index in [9.17, 15) is 25.2 Å². The molecular formula is C11H19NO8. The van der Waals surface area contributed by atoms with Gasteiger partial charge in [-0.1, -0.05) is 0 Å². The number of rotatable bonds is 2. The summed E-state index contributed by atoms with van der Waals surface area (Å²) < 4.78 is 14.9. The summed E-state index contributed by atoms with van der Waals surface area (Å²) in [5.74, 6) is -0.998. The van der Waals surface area contributed by atoms with Crippen molar-refractivity contribution >= 4 is 5.97 Å². The highest BCUT2D eigenvalue weighted by Gasteiger charge is 2.47. The van der Waals surface area contributed by atoms with Gasteiger partial charge in [-0.25, -0.2) is 4.79 Å². The van der Waals surface area contributed by atoms with E-state index < -0.39 is 43.1 Å². The predicted octanol–water partition coefficient (Wildman–Crippen LogP) is -2.99. The summed E-state index contributed by atoms with van der Waals surface area (Å²) in [4.78, 5) is 11.9. The molecule has 0 saturated carbocycles. The lowest BCUT2D eigenvalue weighted by atomic mass is 9.99. The first-order chi connectivity index (χ1) is 9.50. The molecule has 20 heavy (non-hydrogen) atoms. The largest absolute Gasteiger partial charge is 0.420 e. The van der Waals surface area contributed by atoms with Crippen LogP contribution in [-0.4, -0.2) is 76.7 Å². The molecule has 2 rings (SSSR count). The Hall–Kier alpha value is -0.810. The second-order valence-corrected chi connectivity index (χ2v) is 4.72. The van der Waals surface area contributed by atoms with Gasteiger partial charge in [0.25, 0.3) is 6.41 Å². The van der Waals surface area contributed by atoms with Crippen LogP contribution in [0.25, 0.3) is 0 Å². The first-order valence-electron chi connectivity index (χ1n) is 6.44. The minimum absolute atomic E-state index is 0.420. The molecule has 2 aliphatic heterocycles. The Labute approximate surface area is 115 Å². The molecule has 9 nitrogen and oxygen atoms in total. The molecule has 0 bridgehead atoms. The van der Waals surface area contributed by atoms with Gasteiger partial charge in [0.2, 0.25) is 0 Å². The third kappa shape index (κ3) is 3.44. The van der Waals surface area contributed by atoms with Gasteiger partial charge in [-0.05, 0) is 12.8 Å². The van der Waals surface area contributed by atoms with Gasteiger partial charge in [0.15, 0.2) is 12.4 Å². The number of aliphatic hydroxyl groups is 4. The fourth-order valence-corrected chi connectivity index (χ4v) is 2.00. The molecule has 0 amide bonds. The molecule has 2 saturated heterocycles. The first kappa shape index (κ1) is 15.6. The topological polar surface area (TPSA) is 138 Å². The normalized spacial score (nSPS) is 42.8. The molecule has 0 aliphatic carbocycles. The number of aliphatic hydroxyl groups excluding tert-OH is 4. The molecule has 0 spiro atoms. The van der Waals surface area contributed by atoms with E-state index in [2.05, 4.69) is 5.32 Å². The zero-order valence-corrected chi connectivity index (χ0v) is 10.7. The van der Waals surface area contributed by atoms with Crippen LogP contribution >= 0.6 is 0 Å². The van der Waals surface area contributed by atoms with Crippen LogP contribution in [0.2, 0.25) is 0 Å². The van der Waals surface area contributed by atoms with E-state index >= 15 is 0 Å². The quantitative estimate of drug-likeness (QED) is 0.337. The van der Waals surface area contributed by atoms with Crippen molar-refractivity contribution in [1.82, 2.24) is 5.32 Å². The molecule has 2 aliphatic rings. The zero-order valence-electron chi connectivity index (χ0n) is 10.7. The molecule has 0 aromatic rings. The van der Waals surface area contributed by atoms with Gasteiger partial charge in [-0.15, -0.1) is 0 Å². The summed E-state index contributed by atoms with van der Waals surface area (Å²) in [6, 6.07) is 0. The van der Waals surface area contributed by atoms with Gasteiger partial charge in [-0.2, -0.15) is 0 Å². The first-order valence-corrected chi connectivity index (χ1v) is 6.44. The molecule has 1 unspecified atom stereocenters. The second kappa shape index (κ2) is 6.76. The number of carbonyl (C=O) groups is 1. The van der Waals surface area contributed by atoms with Crippen LogP contribution < -0.4 is 5.32 Å². The molecule has 0 aromatic carbocycles. The molecular weight excluding hydrogens is 274 g/mol. The molecule has 2 fully saturated rings. The SMILES string of the molecule is O=C(OC1NCCCCO1)[C@H]1O[C@@H](O)[C@H](O)[C@@H](O)[C@@H]1O. The summed E-state index contributed by atoms with van der Waals surface area (Å²) in [7, 11) is 0. The van der Waals surface area contributed by atoms with Gasteiger partial charge in [0.05, 0.1) is 6.61 Å². The van der Waals surface area contributed by atoms with Crippen LogP contribution in [0.4, 0.5) is 0 Å². The zero-order chi connectivity index (χ0) is 14.7. The smallest absolute Gasteiger partial charge is 0.341 e. The lowest BCUT2D eigenvalue weighted by Crippen LogP contribution is -2.60. The average molecular weight is 293 g/mol. The lowest BCUT2D eigenvalue weighted by molar-refractivity contribution is -0.286. The van der Waals surface area contributed by atoms with Crippen LogP contribution in [0.15, 0.2) is 0 Å². The number of hydrogen-bond donors (Lipinski definition) is 5. The van der Waals surface area contributed by atoms with Crippen LogP contribution in [-0.2, 0) is 19.0 Å². The van der Waals surface area contributed by atoms with Gasteiger partial charge in [0.1, 0.15) is 18.3 Å². The number of hydrogen-bond acceptors (Lipinski definition) is 9. The Morgan fingerprint density at radius 3 is 2.60 bits per heavy atom. The Balaban J connectivity index is 1.93. The highest BCUT2D eigenvalue weighted by Crippen LogP contribution is 2.21. The third-order valence-electron chi connectivity index (χ3n) is 3.20. The van der Waals surface area contributed by atoms with E-state index in [-0.39, 0.29) is 0 Å². The minimum atomic E-state index is -1.78. The van der Waals surface area contributed by atoms with E-state index in [1.807, 2.05) is 0 Å². The third-order valence-corrected chi connectivity index (χ3v) is 3.20. The van der Waals surface area contributed by atoms with Crippen molar-refractivity contribution in [3.63, 3.8) is 0 Å². The van der Waals surface area contributed by atoms with E-state index in [1.165, 1.54) is 0 Å². The van der Waals surface area contributed by atoms with Crippen molar-refractivity contribution < 1.29 is 39.4 Å². The molecule has 6 atom stereocenters. The summed E-state index contributed by atoms with van der Waals surface area (Å²) in [5.41, 5.74) is 0. The van der Waals surface area contributed by atoms with Crippen molar-refractivity contribution in [1.29, 1.82) is 0 Å². The monoisotopic (exact) mass is 293 g/mol. The summed E-state index contributed by atoms with van der Waals surface area (Å²) >= 11 is 0. The van der Waals surface area contributed by atoms with Crippen molar-refractivity contribution in [3.8, 4) is 0 Å². The summed E-state index contributed by atoms with van der Waals surface area (Å²) in [6.07, 6.45) is -7.76. The van der Waals surface area contributed by atoms with E-state index in [1.54, 1.807) is 0 Å². The van der Waals surface area contributed by atoms with Gasteiger partial charge in [-0.3, -0.25) is 5.32 Å². The van der Waals surface area contributed by atoms with Crippen molar-refractivity contribution in [3.05, 3.63) is 0 Å². The number of carbonyl (C=O) groups excluding carboxylic acids is 1. The second-order valence-electron chi connectivity index (χ2n) is 4.72. The van der Waals surface area contributed by atoms with Crippen molar-refractivity contribution in [2.75, 3.05) is 13.2 Å². The molecule has 9 heteroatoms. The molecule has 0 aromatic heterocycles. The lowest BCUT2D eigenvalue weighted by Gasteiger charge is -2.37. The van der Waals surface area contributed by atoms with E-state index in [0.29, 0.717) is 13.2 Å². The Bertz CT molecular complexity index is 332. The average Bonchev–Trinajstić information content (AvgIpc) is 2.69. The predicted molar refractivity (Wildman–Crippen MR) is 62.0 cm³/mol. The molecule has 2 heterocycles. The van der Waals surface area contributed by atoms with Crippen LogP contribution in [0.1, 0.15) is 12.8 Å². The number of esters is 1. The minimum Gasteiger partial charge on any atom is -0.420 e. The maximum Gasteiger partial charge on any atom is 0.341 e. The summed E-state index contributed by atoms with van der Waals surface area (Å²) in [6.45, 7) is 1.03. The number of nitrogens with one attached hydrogen (secondary N) is 1.